The van der Waals surface area contributed by atoms with Gasteiger partial charge in [0.15, 0.2) is 0 Å². The molecule has 0 saturated heterocycles. The van der Waals surface area contributed by atoms with Gasteiger partial charge in [-0.1, -0.05) is 19.1 Å². The second kappa shape index (κ2) is 8.93. The number of aromatic amines is 1. The Labute approximate surface area is 158 Å². The van der Waals surface area contributed by atoms with E-state index in [4.69, 9.17) is 0 Å². The van der Waals surface area contributed by atoms with Crippen LogP contribution in [-0.4, -0.2) is 39.7 Å². The number of aryl methyl sites for hydroxylation is 1. The van der Waals surface area contributed by atoms with Gasteiger partial charge in [-0.2, -0.15) is 5.10 Å². The number of likely N-dealkylation sites (N-methyl/N-ethyl adjacent to an activating group) is 1. The molecule has 0 aliphatic heterocycles. The highest BCUT2D eigenvalue weighted by Crippen LogP contribution is 2.16. The third-order valence-corrected chi connectivity index (χ3v) is 4.41. The SMILES string of the molecule is CCc1[nH]ncc1C(=O)NCc1cccnc1N(C)CCc1ccccn1. The highest BCUT2D eigenvalue weighted by Gasteiger charge is 2.14. The van der Waals surface area contributed by atoms with Gasteiger partial charge >= 0.3 is 0 Å². The van der Waals surface area contributed by atoms with Crippen LogP contribution in [0.1, 0.15) is 34.2 Å². The molecule has 0 bridgehead atoms. The summed E-state index contributed by atoms with van der Waals surface area (Å²) in [4.78, 5) is 23.4. The van der Waals surface area contributed by atoms with E-state index in [2.05, 4.69) is 30.4 Å². The lowest BCUT2D eigenvalue weighted by atomic mass is 10.2. The first kappa shape index (κ1) is 18.6. The summed E-state index contributed by atoms with van der Waals surface area (Å²) in [5.41, 5.74) is 3.44. The molecule has 2 N–H and O–H groups in total. The van der Waals surface area contributed by atoms with Crippen LogP contribution in [0.3, 0.4) is 0 Å². The van der Waals surface area contributed by atoms with Crippen LogP contribution >= 0.6 is 0 Å². The summed E-state index contributed by atoms with van der Waals surface area (Å²) >= 11 is 0. The zero-order valence-corrected chi connectivity index (χ0v) is 15.6. The van der Waals surface area contributed by atoms with Gasteiger partial charge in [0.2, 0.25) is 0 Å². The van der Waals surface area contributed by atoms with Crippen LogP contribution in [0.25, 0.3) is 0 Å². The van der Waals surface area contributed by atoms with Gasteiger partial charge in [-0.25, -0.2) is 4.98 Å². The Morgan fingerprint density at radius 2 is 2.04 bits per heavy atom. The maximum atomic E-state index is 12.4. The Bertz CT molecular complexity index is 877. The van der Waals surface area contributed by atoms with Crippen molar-refractivity contribution in [3.63, 3.8) is 0 Å². The van der Waals surface area contributed by atoms with Crippen molar-refractivity contribution in [2.24, 2.45) is 0 Å². The molecule has 7 nitrogen and oxygen atoms in total. The first-order chi connectivity index (χ1) is 13.2. The van der Waals surface area contributed by atoms with E-state index in [1.54, 1.807) is 18.6 Å². The molecule has 0 atom stereocenters. The number of aromatic nitrogens is 4. The van der Waals surface area contributed by atoms with E-state index < -0.39 is 0 Å². The van der Waals surface area contributed by atoms with Crippen molar-refractivity contribution in [2.45, 2.75) is 26.3 Å². The number of amides is 1. The molecule has 0 radical (unpaired) electrons. The zero-order valence-electron chi connectivity index (χ0n) is 15.6. The molecule has 0 spiro atoms. The number of H-pyrrole nitrogens is 1. The summed E-state index contributed by atoms with van der Waals surface area (Å²) in [6.07, 6.45) is 6.70. The fraction of sp³-hybridized carbons (Fsp3) is 0.300. The summed E-state index contributed by atoms with van der Waals surface area (Å²) < 4.78 is 0. The molecule has 0 aliphatic carbocycles. The van der Waals surface area contributed by atoms with E-state index in [1.807, 2.05) is 44.3 Å². The van der Waals surface area contributed by atoms with Crippen LogP contribution in [0, 0.1) is 0 Å². The van der Waals surface area contributed by atoms with Gasteiger partial charge < -0.3 is 10.2 Å². The number of pyridine rings is 2. The molecular weight excluding hydrogens is 340 g/mol. The Kier molecular flexibility index (Phi) is 6.14. The van der Waals surface area contributed by atoms with E-state index in [0.717, 1.165) is 42.2 Å². The quantitative estimate of drug-likeness (QED) is 0.641. The van der Waals surface area contributed by atoms with Gasteiger partial charge in [-0.3, -0.25) is 14.9 Å². The van der Waals surface area contributed by atoms with Crippen LogP contribution < -0.4 is 10.2 Å². The van der Waals surface area contributed by atoms with Crippen LogP contribution in [0.5, 0.6) is 0 Å². The average molecular weight is 364 g/mol. The molecule has 3 heterocycles. The van der Waals surface area contributed by atoms with Gasteiger partial charge in [-0.05, 0) is 24.6 Å². The topological polar surface area (TPSA) is 86.8 Å². The Morgan fingerprint density at radius 3 is 2.81 bits per heavy atom. The van der Waals surface area contributed by atoms with Gasteiger partial charge in [0, 0.05) is 55.9 Å². The van der Waals surface area contributed by atoms with Crippen LogP contribution in [0.15, 0.2) is 48.9 Å². The molecule has 0 unspecified atom stereocenters. The van der Waals surface area contributed by atoms with Gasteiger partial charge in [0.25, 0.3) is 5.91 Å². The lowest BCUT2D eigenvalue weighted by Crippen LogP contribution is -2.27. The van der Waals surface area contributed by atoms with Gasteiger partial charge in [0.1, 0.15) is 5.82 Å². The fourth-order valence-electron chi connectivity index (χ4n) is 2.89. The van der Waals surface area contributed by atoms with E-state index in [9.17, 15) is 4.79 Å². The van der Waals surface area contributed by atoms with Crippen LogP contribution in [0.4, 0.5) is 5.82 Å². The number of carbonyl (C=O) groups is 1. The number of hydrogen-bond acceptors (Lipinski definition) is 5. The number of hydrogen-bond donors (Lipinski definition) is 2. The summed E-state index contributed by atoms with van der Waals surface area (Å²) in [6.45, 7) is 3.18. The minimum atomic E-state index is -0.133. The van der Waals surface area contributed by atoms with E-state index in [0.29, 0.717) is 12.1 Å². The van der Waals surface area contributed by atoms with Crippen LogP contribution in [-0.2, 0) is 19.4 Å². The standard InChI is InChI=1S/C20H24N6O/c1-3-18-17(14-24-25-18)20(27)23-13-15-7-6-11-22-19(15)26(2)12-9-16-8-4-5-10-21-16/h4-8,10-11,14H,3,9,12-13H2,1-2H3,(H,23,27)(H,24,25). The highest BCUT2D eigenvalue weighted by atomic mass is 16.1. The maximum Gasteiger partial charge on any atom is 0.255 e. The molecule has 3 aromatic rings. The Hall–Kier alpha value is -3.22. The highest BCUT2D eigenvalue weighted by molar-refractivity contribution is 5.95. The second-order valence-electron chi connectivity index (χ2n) is 6.28. The first-order valence-corrected chi connectivity index (χ1v) is 9.04. The van der Waals surface area contributed by atoms with Gasteiger partial charge in [-0.15, -0.1) is 0 Å². The molecule has 0 saturated carbocycles. The summed E-state index contributed by atoms with van der Waals surface area (Å²) in [7, 11) is 2.00. The smallest absolute Gasteiger partial charge is 0.255 e. The fourth-order valence-corrected chi connectivity index (χ4v) is 2.89. The lowest BCUT2D eigenvalue weighted by Gasteiger charge is -2.21. The molecule has 3 rings (SSSR count). The third-order valence-electron chi connectivity index (χ3n) is 4.41. The predicted octanol–water partition coefficient (Wildman–Crippen LogP) is 2.37. The first-order valence-electron chi connectivity index (χ1n) is 9.04. The van der Waals surface area contributed by atoms with E-state index in [-0.39, 0.29) is 5.91 Å². The molecule has 0 fully saturated rings. The van der Waals surface area contributed by atoms with Gasteiger partial charge in [0.05, 0.1) is 11.8 Å². The lowest BCUT2D eigenvalue weighted by molar-refractivity contribution is 0.0950. The Balaban J connectivity index is 1.64. The minimum Gasteiger partial charge on any atom is -0.359 e. The molecule has 1 amide bonds. The Morgan fingerprint density at radius 1 is 1.19 bits per heavy atom. The number of carbonyl (C=O) groups excluding carboxylic acids is 1. The van der Waals surface area contributed by atoms with Crippen molar-refractivity contribution in [1.29, 1.82) is 0 Å². The van der Waals surface area contributed by atoms with Crippen LogP contribution in [0.2, 0.25) is 0 Å². The van der Waals surface area contributed by atoms with Crippen molar-refractivity contribution < 1.29 is 4.79 Å². The van der Waals surface area contributed by atoms with Crippen molar-refractivity contribution in [3.8, 4) is 0 Å². The third kappa shape index (κ3) is 4.69. The second-order valence-corrected chi connectivity index (χ2v) is 6.28. The molecule has 0 aliphatic rings. The monoisotopic (exact) mass is 364 g/mol. The average Bonchev–Trinajstić information content (AvgIpc) is 3.20. The largest absolute Gasteiger partial charge is 0.359 e. The summed E-state index contributed by atoms with van der Waals surface area (Å²) in [5.74, 6) is 0.725. The number of nitrogens with one attached hydrogen (secondary N) is 2. The summed E-state index contributed by atoms with van der Waals surface area (Å²) in [5, 5.41) is 9.78. The summed E-state index contributed by atoms with van der Waals surface area (Å²) in [6, 6.07) is 9.79. The van der Waals surface area contributed by atoms with E-state index in [1.165, 1.54) is 0 Å². The molecule has 140 valence electrons. The number of rotatable bonds is 8. The molecule has 3 aromatic heterocycles. The van der Waals surface area contributed by atoms with E-state index >= 15 is 0 Å². The van der Waals surface area contributed by atoms with Crippen molar-refractivity contribution >= 4 is 11.7 Å². The van der Waals surface area contributed by atoms with Crippen molar-refractivity contribution in [2.75, 3.05) is 18.5 Å². The normalized spacial score (nSPS) is 10.6. The minimum absolute atomic E-state index is 0.133. The predicted molar refractivity (Wildman–Crippen MR) is 105 cm³/mol. The number of nitrogens with zero attached hydrogens (tertiary/aromatic N) is 4. The molecule has 7 heteroatoms. The molecule has 27 heavy (non-hydrogen) atoms. The molecular formula is C20H24N6O. The van der Waals surface area contributed by atoms with Crippen molar-refractivity contribution in [3.05, 3.63) is 71.4 Å². The molecule has 0 aromatic carbocycles. The number of anilines is 1. The maximum absolute atomic E-state index is 12.4. The van der Waals surface area contributed by atoms with Crippen molar-refractivity contribution in [1.82, 2.24) is 25.5 Å². The zero-order chi connectivity index (χ0) is 19.1.